The second-order valence-electron chi connectivity index (χ2n) is 4.32. The van der Waals surface area contributed by atoms with Gasteiger partial charge in [-0.25, -0.2) is 9.97 Å². The van der Waals surface area contributed by atoms with E-state index in [0.29, 0.717) is 0 Å². The van der Waals surface area contributed by atoms with Gasteiger partial charge in [0.1, 0.15) is 0 Å². The van der Waals surface area contributed by atoms with Crippen molar-refractivity contribution < 1.29 is 4.79 Å². The highest BCUT2D eigenvalue weighted by atomic mass is 16.1. The van der Waals surface area contributed by atoms with E-state index in [0.717, 1.165) is 24.8 Å². The molecule has 0 fully saturated rings. The minimum atomic E-state index is -0.583. The molecule has 0 radical (unpaired) electrons. The number of primary amides is 1. The molecule has 0 bridgehead atoms. The second-order valence-corrected chi connectivity index (χ2v) is 4.32. The molecular weight excluding hydrogens is 202 g/mol. The first kappa shape index (κ1) is 12.6. The van der Waals surface area contributed by atoms with Crippen LogP contribution in [0, 0.1) is 0 Å². The Balaban J connectivity index is 2.99. The third-order valence-corrected chi connectivity index (χ3v) is 3.15. The SMILES string of the molecule is CCCC(C)(CC)c1cnc(C(N)=O)nc1. The molecule has 2 N–H and O–H groups in total. The topological polar surface area (TPSA) is 68.9 Å². The van der Waals surface area contributed by atoms with Gasteiger partial charge in [0, 0.05) is 12.4 Å². The summed E-state index contributed by atoms with van der Waals surface area (Å²) in [5.41, 5.74) is 6.26. The zero-order valence-electron chi connectivity index (χ0n) is 10.2. The zero-order valence-corrected chi connectivity index (χ0v) is 10.2. The minimum Gasteiger partial charge on any atom is -0.363 e. The van der Waals surface area contributed by atoms with Gasteiger partial charge in [-0.3, -0.25) is 4.79 Å². The average molecular weight is 221 g/mol. The summed E-state index contributed by atoms with van der Waals surface area (Å²) in [5, 5.41) is 0. The molecule has 1 atom stereocenters. The zero-order chi connectivity index (χ0) is 12.2. The molecule has 4 heteroatoms. The molecule has 0 saturated heterocycles. The van der Waals surface area contributed by atoms with Crippen LogP contribution in [0.5, 0.6) is 0 Å². The molecule has 1 amide bonds. The lowest BCUT2D eigenvalue weighted by Gasteiger charge is -2.27. The van der Waals surface area contributed by atoms with Gasteiger partial charge in [-0.15, -0.1) is 0 Å². The van der Waals surface area contributed by atoms with Crippen molar-refractivity contribution in [1.29, 1.82) is 0 Å². The van der Waals surface area contributed by atoms with E-state index < -0.39 is 5.91 Å². The summed E-state index contributed by atoms with van der Waals surface area (Å²) in [5.74, 6) is -0.501. The normalized spacial score (nSPS) is 14.4. The lowest BCUT2D eigenvalue weighted by atomic mass is 9.78. The van der Waals surface area contributed by atoms with Crippen LogP contribution >= 0.6 is 0 Å². The first-order valence-electron chi connectivity index (χ1n) is 5.66. The van der Waals surface area contributed by atoms with Crippen molar-refractivity contribution in [2.24, 2.45) is 5.73 Å². The highest BCUT2D eigenvalue weighted by Crippen LogP contribution is 2.31. The number of amides is 1. The highest BCUT2D eigenvalue weighted by molar-refractivity contribution is 5.88. The molecule has 0 aliphatic rings. The molecule has 1 unspecified atom stereocenters. The minimum absolute atomic E-state index is 0.0821. The maximum atomic E-state index is 10.9. The maximum absolute atomic E-state index is 10.9. The van der Waals surface area contributed by atoms with Crippen LogP contribution in [-0.4, -0.2) is 15.9 Å². The molecule has 88 valence electrons. The van der Waals surface area contributed by atoms with E-state index in [-0.39, 0.29) is 11.2 Å². The fourth-order valence-corrected chi connectivity index (χ4v) is 1.84. The first-order valence-corrected chi connectivity index (χ1v) is 5.66. The van der Waals surface area contributed by atoms with Gasteiger partial charge in [0.2, 0.25) is 5.82 Å². The number of nitrogens with zero attached hydrogens (tertiary/aromatic N) is 2. The fourth-order valence-electron chi connectivity index (χ4n) is 1.84. The number of aromatic nitrogens is 2. The largest absolute Gasteiger partial charge is 0.363 e. The number of hydrogen-bond donors (Lipinski definition) is 1. The molecule has 1 aromatic rings. The van der Waals surface area contributed by atoms with E-state index >= 15 is 0 Å². The number of rotatable bonds is 5. The summed E-state index contributed by atoms with van der Waals surface area (Å²) < 4.78 is 0. The highest BCUT2D eigenvalue weighted by Gasteiger charge is 2.24. The fraction of sp³-hybridized carbons (Fsp3) is 0.583. The lowest BCUT2D eigenvalue weighted by molar-refractivity contribution is 0.0990. The Labute approximate surface area is 96.3 Å². The standard InChI is InChI=1S/C12H19N3O/c1-4-6-12(3,5-2)9-7-14-11(10(13)16)15-8-9/h7-8H,4-6H2,1-3H3,(H2,13,16). The summed E-state index contributed by atoms with van der Waals surface area (Å²) in [6.45, 7) is 6.50. The molecule has 0 aliphatic heterocycles. The molecule has 1 rings (SSSR count). The number of nitrogens with two attached hydrogens (primary N) is 1. The van der Waals surface area contributed by atoms with Gasteiger partial charge in [0.25, 0.3) is 5.91 Å². The summed E-state index contributed by atoms with van der Waals surface area (Å²) in [7, 11) is 0. The molecule has 0 saturated carbocycles. The monoisotopic (exact) mass is 221 g/mol. The predicted molar refractivity (Wildman–Crippen MR) is 63.1 cm³/mol. The van der Waals surface area contributed by atoms with Crippen LogP contribution in [0.25, 0.3) is 0 Å². The average Bonchev–Trinajstić information content (AvgIpc) is 2.29. The van der Waals surface area contributed by atoms with Crippen LogP contribution in [0.1, 0.15) is 56.2 Å². The van der Waals surface area contributed by atoms with Gasteiger partial charge < -0.3 is 5.73 Å². The van der Waals surface area contributed by atoms with E-state index in [9.17, 15) is 4.79 Å². The van der Waals surface area contributed by atoms with Crippen LogP contribution in [0.4, 0.5) is 0 Å². The quantitative estimate of drug-likeness (QED) is 0.827. The molecule has 16 heavy (non-hydrogen) atoms. The van der Waals surface area contributed by atoms with Crippen molar-refractivity contribution >= 4 is 5.91 Å². The third-order valence-electron chi connectivity index (χ3n) is 3.15. The van der Waals surface area contributed by atoms with E-state index in [4.69, 9.17) is 5.73 Å². The lowest BCUT2D eigenvalue weighted by Crippen LogP contribution is -2.22. The van der Waals surface area contributed by atoms with E-state index in [1.54, 1.807) is 12.4 Å². The Morgan fingerprint density at radius 2 is 1.94 bits per heavy atom. The van der Waals surface area contributed by atoms with E-state index in [2.05, 4.69) is 30.7 Å². The molecule has 0 aliphatic carbocycles. The molecule has 1 aromatic heterocycles. The van der Waals surface area contributed by atoms with Crippen molar-refractivity contribution in [2.45, 2.75) is 45.4 Å². The van der Waals surface area contributed by atoms with E-state index in [1.165, 1.54) is 0 Å². The Hall–Kier alpha value is -1.45. The van der Waals surface area contributed by atoms with Crippen LogP contribution in [0.2, 0.25) is 0 Å². The van der Waals surface area contributed by atoms with Crippen molar-refractivity contribution in [3.63, 3.8) is 0 Å². The van der Waals surface area contributed by atoms with Crippen molar-refractivity contribution in [3.8, 4) is 0 Å². The molecule has 0 spiro atoms. The first-order chi connectivity index (χ1) is 7.53. The number of carbonyl (C=O) groups is 1. The second kappa shape index (κ2) is 5.05. The maximum Gasteiger partial charge on any atom is 0.286 e. The van der Waals surface area contributed by atoms with Crippen molar-refractivity contribution in [1.82, 2.24) is 9.97 Å². The van der Waals surface area contributed by atoms with Crippen LogP contribution in [0.15, 0.2) is 12.4 Å². The van der Waals surface area contributed by atoms with E-state index in [1.807, 2.05) is 0 Å². The molecular formula is C12H19N3O. The van der Waals surface area contributed by atoms with Gasteiger partial charge in [0.15, 0.2) is 0 Å². The summed E-state index contributed by atoms with van der Waals surface area (Å²) in [4.78, 5) is 18.8. The Morgan fingerprint density at radius 3 is 2.31 bits per heavy atom. The molecule has 4 nitrogen and oxygen atoms in total. The van der Waals surface area contributed by atoms with Gasteiger partial charge in [0.05, 0.1) is 0 Å². The summed E-state index contributed by atoms with van der Waals surface area (Å²) in [6, 6.07) is 0. The van der Waals surface area contributed by atoms with Crippen molar-refractivity contribution in [3.05, 3.63) is 23.8 Å². The Kier molecular flexibility index (Phi) is 3.99. The van der Waals surface area contributed by atoms with Gasteiger partial charge in [-0.05, 0) is 23.8 Å². The smallest absolute Gasteiger partial charge is 0.286 e. The van der Waals surface area contributed by atoms with Crippen LogP contribution in [0.3, 0.4) is 0 Å². The molecule has 1 heterocycles. The van der Waals surface area contributed by atoms with Gasteiger partial charge in [-0.2, -0.15) is 0 Å². The number of hydrogen-bond acceptors (Lipinski definition) is 3. The van der Waals surface area contributed by atoms with Crippen LogP contribution < -0.4 is 5.73 Å². The predicted octanol–water partition coefficient (Wildman–Crippen LogP) is 2.04. The summed E-state index contributed by atoms with van der Waals surface area (Å²) in [6.07, 6.45) is 6.66. The van der Waals surface area contributed by atoms with Gasteiger partial charge in [-0.1, -0.05) is 27.2 Å². The van der Waals surface area contributed by atoms with Crippen molar-refractivity contribution in [2.75, 3.05) is 0 Å². The molecule has 0 aromatic carbocycles. The Morgan fingerprint density at radius 1 is 1.38 bits per heavy atom. The third kappa shape index (κ3) is 2.56. The van der Waals surface area contributed by atoms with Crippen LogP contribution in [-0.2, 0) is 5.41 Å². The summed E-state index contributed by atoms with van der Waals surface area (Å²) >= 11 is 0. The van der Waals surface area contributed by atoms with Gasteiger partial charge >= 0.3 is 0 Å². The number of carbonyl (C=O) groups excluding carboxylic acids is 1. The Bertz CT molecular complexity index is 361.